The van der Waals surface area contributed by atoms with Crippen molar-refractivity contribution in [2.75, 3.05) is 0 Å². The number of hydrogen-bond donors (Lipinski definition) is 2. The average molecular weight is 383 g/mol. The first-order valence-corrected chi connectivity index (χ1v) is 8.93. The van der Waals surface area contributed by atoms with Crippen LogP contribution in [-0.2, 0) is 6.54 Å². The predicted molar refractivity (Wildman–Crippen MR) is 97.2 cm³/mol. The van der Waals surface area contributed by atoms with Gasteiger partial charge in [-0.1, -0.05) is 6.42 Å². The number of nitrogens with one attached hydrogen (secondary N) is 1. The minimum Gasteiger partial charge on any atom is -0.503 e. The van der Waals surface area contributed by atoms with Crippen LogP contribution in [0.3, 0.4) is 0 Å². The lowest BCUT2D eigenvalue weighted by Gasteiger charge is -2.25. The van der Waals surface area contributed by atoms with Gasteiger partial charge in [-0.3, -0.25) is 4.79 Å². The van der Waals surface area contributed by atoms with E-state index in [0.717, 1.165) is 31.2 Å². The highest BCUT2D eigenvalue weighted by Gasteiger charge is 2.28. The lowest BCUT2D eigenvalue weighted by Crippen LogP contribution is -2.18. The van der Waals surface area contributed by atoms with Crippen molar-refractivity contribution in [2.45, 2.75) is 31.7 Å². The molecule has 1 aromatic carbocycles. The number of hydrogen-bond acceptors (Lipinski definition) is 5. The molecule has 0 spiro atoms. The second kappa shape index (κ2) is 6.08. The molecule has 5 rings (SSSR count). The van der Waals surface area contributed by atoms with Crippen LogP contribution in [0.4, 0.5) is 8.78 Å². The molecular weight excluding hydrogens is 368 g/mol. The zero-order valence-corrected chi connectivity index (χ0v) is 14.6. The highest BCUT2D eigenvalue weighted by Crippen LogP contribution is 2.37. The molecule has 0 radical (unpaired) electrons. The summed E-state index contributed by atoms with van der Waals surface area (Å²) in [4.78, 5) is 27.5. The van der Waals surface area contributed by atoms with E-state index in [1.165, 1.54) is 12.3 Å². The van der Waals surface area contributed by atoms with Crippen LogP contribution in [-0.4, -0.2) is 29.6 Å². The first-order chi connectivity index (χ1) is 13.5. The molecule has 0 unspecified atom stereocenters. The van der Waals surface area contributed by atoms with E-state index < -0.39 is 22.9 Å². The van der Waals surface area contributed by atoms with E-state index in [-0.39, 0.29) is 28.9 Å². The van der Waals surface area contributed by atoms with Gasteiger partial charge < -0.3 is 14.7 Å². The second-order valence-corrected chi connectivity index (χ2v) is 6.95. The molecule has 3 heterocycles. The summed E-state index contributed by atoms with van der Waals surface area (Å²) in [7, 11) is 0. The van der Waals surface area contributed by atoms with Gasteiger partial charge in [0.25, 0.3) is 5.56 Å². The molecule has 7 nitrogen and oxygen atoms in total. The number of fused-ring (bicyclic) bond motifs is 2. The first kappa shape index (κ1) is 16.8. The van der Waals surface area contributed by atoms with Crippen molar-refractivity contribution in [3.63, 3.8) is 0 Å². The van der Waals surface area contributed by atoms with Crippen LogP contribution in [0.25, 0.3) is 22.2 Å². The molecular formula is C19H15F2N5O2. The lowest BCUT2D eigenvalue weighted by atomic mass is 9.85. The number of benzene rings is 1. The molecule has 4 aromatic rings. The molecule has 1 fully saturated rings. The highest BCUT2D eigenvalue weighted by molar-refractivity contribution is 5.84. The van der Waals surface area contributed by atoms with Crippen LogP contribution < -0.4 is 5.56 Å². The molecule has 0 atom stereocenters. The number of nitrogens with zero attached hydrogens (tertiary/aromatic N) is 4. The molecule has 1 saturated carbocycles. The van der Waals surface area contributed by atoms with Crippen molar-refractivity contribution in [1.29, 1.82) is 0 Å². The molecule has 142 valence electrons. The van der Waals surface area contributed by atoms with Gasteiger partial charge in [-0.15, -0.1) is 0 Å². The van der Waals surface area contributed by atoms with Crippen molar-refractivity contribution in [3.05, 3.63) is 57.9 Å². The van der Waals surface area contributed by atoms with E-state index in [2.05, 4.69) is 19.9 Å². The van der Waals surface area contributed by atoms with E-state index >= 15 is 0 Å². The topological polar surface area (TPSA) is 96.7 Å². The number of rotatable bonds is 3. The highest BCUT2D eigenvalue weighted by atomic mass is 19.2. The number of imidazole rings is 1. The van der Waals surface area contributed by atoms with Gasteiger partial charge in [-0.2, -0.15) is 0 Å². The van der Waals surface area contributed by atoms with Gasteiger partial charge in [0.15, 0.2) is 28.7 Å². The summed E-state index contributed by atoms with van der Waals surface area (Å²) < 4.78 is 29.6. The summed E-state index contributed by atoms with van der Waals surface area (Å²) in [5.41, 5.74) is 0.00412. The first-order valence-electron chi connectivity index (χ1n) is 8.93. The van der Waals surface area contributed by atoms with Gasteiger partial charge >= 0.3 is 0 Å². The quantitative estimate of drug-likeness (QED) is 0.567. The minimum atomic E-state index is -1.16. The summed E-state index contributed by atoms with van der Waals surface area (Å²) in [5, 5.41) is 10.6. The summed E-state index contributed by atoms with van der Waals surface area (Å²) in [6.07, 6.45) is 6.13. The maximum absolute atomic E-state index is 14.2. The minimum absolute atomic E-state index is 0.0400. The Balaban J connectivity index is 1.76. The van der Waals surface area contributed by atoms with Gasteiger partial charge in [-0.05, 0) is 25.0 Å². The Hall–Kier alpha value is -3.36. The number of aromatic amines is 1. The third kappa shape index (κ3) is 2.39. The Kier molecular flexibility index (Phi) is 3.65. The van der Waals surface area contributed by atoms with Crippen LogP contribution in [0, 0.1) is 11.6 Å². The zero-order valence-electron chi connectivity index (χ0n) is 14.6. The van der Waals surface area contributed by atoms with Gasteiger partial charge in [0.05, 0.1) is 12.1 Å². The molecule has 9 heteroatoms. The number of pyridine rings is 1. The Morgan fingerprint density at radius 3 is 2.75 bits per heavy atom. The lowest BCUT2D eigenvalue weighted by molar-refractivity contribution is 0.390. The molecule has 2 N–H and O–H groups in total. The number of aromatic nitrogens is 5. The SMILES string of the molecule is O=c1[nH]c2c(F)c(F)ccc2c(Cn2c(C3CCC3)nc3nccnc32)c1O. The number of H-pyrrole nitrogens is 1. The molecule has 0 amide bonds. The molecule has 1 aliphatic carbocycles. The molecule has 1 aliphatic rings. The second-order valence-electron chi connectivity index (χ2n) is 6.95. The maximum atomic E-state index is 14.2. The van der Waals surface area contributed by atoms with Crippen molar-refractivity contribution < 1.29 is 13.9 Å². The fourth-order valence-corrected chi connectivity index (χ4v) is 3.68. The maximum Gasteiger partial charge on any atom is 0.290 e. The van der Waals surface area contributed by atoms with Crippen molar-refractivity contribution in [2.24, 2.45) is 0 Å². The molecule has 28 heavy (non-hydrogen) atoms. The smallest absolute Gasteiger partial charge is 0.290 e. The Bertz CT molecular complexity index is 1290. The Morgan fingerprint density at radius 1 is 1.21 bits per heavy atom. The fourth-order valence-electron chi connectivity index (χ4n) is 3.68. The van der Waals surface area contributed by atoms with E-state index in [0.29, 0.717) is 11.3 Å². The van der Waals surface area contributed by atoms with Crippen molar-refractivity contribution in [1.82, 2.24) is 24.5 Å². The van der Waals surface area contributed by atoms with Crippen LogP contribution in [0.15, 0.2) is 29.3 Å². The van der Waals surface area contributed by atoms with Gasteiger partial charge in [0.1, 0.15) is 5.82 Å². The van der Waals surface area contributed by atoms with Crippen LogP contribution >= 0.6 is 0 Å². The van der Waals surface area contributed by atoms with E-state index in [9.17, 15) is 18.7 Å². The Morgan fingerprint density at radius 2 is 2.00 bits per heavy atom. The third-order valence-electron chi connectivity index (χ3n) is 5.36. The Labute approximate surface area is 156 Å². The molecule has 0 saturated heterocycles. The van der Waals surface area contributed by atoms with E-state index in [1.54, 1.807) is 10.8 Å². The zero-order chi connectivity index (χ0) is 19.4. The standard InChI is InChI=1S/C19H15F2N5O2/c20-12-5-4-10-11(15(27)19(28)24-14(10)13(12)21)8-26-17(9-2-1-3-9)25-16-18(26)23-7-6-22-16/h4-7,9,27H,1-3,8H2,(H,24,28). The van der Waals surface area contributed by atoms with Crippen molar-refractivity contribution in [3.8, 4) is 5.75 Å². The largest absolute Gasteiger partial charge is 0.503 e. The summed E-state index contributed by atoms with van der Waals surface area (Å²) in [6.45, 7) is 0.0400. The molecule has 3 aromatic heterocycles. The molecule has 0 bridgehead atoms. The van der Waals surface area contributed by atoms with Crippen LogP contribution in [0.5, 0.6) is 5.75 Å². The van der Waals surface area contributed by atoms with E-state index in [4.69, 9.17) is 0 Å². The summed E-state index contributed by atoms with van der Waals surface area (Å²) in [5.74, 6) is -1.77. The number of aromatic hydroxyl groups is 1. The number of halogens is 2. The van der Waals surface area contributed by atoms with Crippen molar-refractivity contribution >= 4 is 22.2 Å². The molecule has 0 aliphatic heterocycles. The predicted octanol–water partition coefficient (Wildman–Crippen LogP) is 2.97. The average Bonchev–Trinajstić information content (AvgIpc) is 2.99. The normalized spacial score (nSPS) is 14.6. The monoisotopic (exact) mass is 383 g/mol. The van der Waals surface area contributed by atoms with Gasteiger partial charge in [0.2, 0.25) is 0 Å². The van der Waals surface area contributed by atoms with E-state index in [1.807, 2.05) is 0 Å². The van der Waals surface area contributed by atoms with Gasteiger partial charge in [0, 0.05) is 29.3 Å². The van der Waals surface area contributed by atoms with Crippen LogP contribution in [0.1, 0.15) is 36.6 Å². The summed E-state index contributed by atoms with van der Waals surface area (Å²) >= 11 is 0. The summed E-state index contributed by atoms with van der Waals surface area (Å²) in [6, 6.07) is 2.31. The van der Waals surface area contributed by atoms with Gasteiger partial charge in [-0.25, -0.2) is 23.7 Å². The third-order valence-corrected chi connectivity index (χ3v) is 5.36. The van der Waals surface area contributed by atoms with Crippen LogP contribution in [0.2, 0.25) is 0 Å². The fraction of sp³-hybridized carbons (Fsp3) is 0.263.